The second-order valence-electron chi connectivity index (χ2n) is 3.40. The Morgan fingerprint density at radius 1 is 1.31 bits per heavy atom. The minimum absolute atomic E-state index is 0.200. The summed E-state index contributed by atoms with van der Waals surface area (Å²) in [5, 5.41) is 8.28. The molecule has 0 aromatic rings. The molecule has 1 unspecified atom stereocenters. The number of carbonyl (C=O) groups is 1. The minimum Gasteiger partial charge on any atom is -0.477 e. The molecule has 0 bridgehead atoms. The van der Waals surface area contributed by atoms with Crippen LogP contribution in [0.25, 0.3) is 0 Å². The first kappa shape index (κ1) is 10.4. The third-order valence-electron chi connectivity index (χ3n) is 2.31. The van der Waals surface area contributed by atoms with E-state index in [1.807, 2.05) is 0 Å². The number of aliphatic carboxylic acids is 1. The predicted molar refractivity (Wildman–Crippen MR) is 45.1 cm³/mol. The molecule has 1 saturated carbocycles. The van der Waals surface area contributed by atoms with Gasteiger partial charge in [0.1, 0.15) is 0 Å². The van der Waals surface area contributed by atoms with Crippen molar-refractivity contribution in [2.45, 2.75) is 51.0 Å². The van der Waals surface area contributed by atoms with Crippen molar-refractivity contribution in [3.05, 3.63) is 0 Å². The first-order valence-electron chi connectivity index (χ1n) is 4.72. The lowest BCUT2D eigenvalue weighted by Crippen LogP contribution is -2.25. The van der Waals surface area contributed by atoms with Crippen molar-refractivity contribution in [2.75, 3.05) is 0 Å². The molecule has 1 rings (SSSR count). The SMILES string of the molecule is O=C(O)C(F)OC1CCCCCC1. The Balaban J connectivity index is 2.29. The lowest BCUT2D eigenvalue weighted by atomic mass is 10.1. The maximum atomic E-state index is 12.6. The van der Waals surface area contributed by atoms with E-state index in [1.54, 1.807) is 0 Å². The second-order valence-corrected chi connectivity index (χ2v) is 3.40. The standard InChI is InChI=1S/C9H15FO3/c10-8(9(11)12)13-7-5-3-1-2-4-6-7/h7-8H,1-6H2,(H,11,12). The Morgan fingerprint density at radius 3 is 2.31 bits per heavy atom. The van der Waals surface area contributed by atoms with Gasteiger partial charge in [-0.25, -0.2) is 9.18 Å². The highest BCUT2D eigenvalue weighted by atomic mass is 19.1. The van der Waals surface area contributed by atoms with Gasteiger partial charge in [0.15, 0.2) is 0 Å². The van der Waals surface area contributed by atoms with Gasteiger partial charge in [-0.05, 0) is 12.8 Å². The Labute approximate surface area is 76.9 Å². The Kier molecular flexibility index (Phi) is 4.15. The number of carboxylic acid groups (broad SMARTS) is 1. The van der Waals surface area contributed by atoms with E-state index in [9.17, 15) is 9.18 Å². The van der Waals surface area contributed by atoms with Crippen molar-refractivity contribution in [2.24, 2.45) is 0 Å². The van der Waals surface area contributed by atoms with Crippen LogP contribution in [0.2, 0.25) is 0 Å². The summed E-state index contributed by atoms with van der Waals surface area (Å²) in [6, 6.07) is 0. The van der Waals surface area contributed by atoms with Crippen LogP contribution in [0.1, 0.15) is 38.5 Å². The number of ether oxygens (including phenoxy) is 1. The molecule has 0 spiro atoms. The van der Waals surface area contributed by atoms with Crippen LogP contribution in [0.15, 0.2) is 0 Å². The molecule has 1 N–H and O–H groups in total. The molecule has 0 heterocycles. The summed E-state index contributed by atoms with van der Waals surface area (Å²) < 4.78 is 17.4. The molecule has 0 aromatic heterocycles. The predicted octanol–water partition coefficient (Wildman–Crippen LogP) is 2.11. The van der Waals surface area contributed by atoms with Crippen molar-refractivity contribution in [1.29, 1.82) is 0 Å². The van der Waals surface area contributed by atoms with Gasteiger partial charge >= 0.3 is 5.97 Å². The number of hydrogen-bond donors (Lipinski definition) is 1. The first-order valence-corrected chi connectivity index (χ1v) is 4.72. The van der Waals surface area contributed by atoms with Gasteiger partial charge in [0.25, 0.3) is 6.36 Å². The zero-order valence-electron chi connectivity index (χ0n) is 7.54. The molecule has 0 radical (unpaired) electrons. The summed E-state index contributed by atoms with van der Waals surface area (Å²) in [5.74, 6) is -1.52. The number of halogens is 1. The molecule has 0 saturated heterocycles. The maximum absolute atomic E-state index is 12.6. The molecule has 1 aliphatic carbocycles. The lowest BCUT2D eigenvalue weighted by Gasteiger charge is -2.15. The first-order chi connectivity index (χ1) is 6.20. The van der Waals surface area contributed by atoms with E-state index in [-0.39, 0.29) is 6.10 Å². The van der Waals surface area contributed by atoms with Crippen molar-refractivity contribution in [1.82, 2.24) is 0 Å². The largest absolute Gasteiger partial charge is 0.477 e. The van der Waals surface area contributed by atoms with Gasteiger partial charge in [0.2, 0.25) is 0 Å². The summed E-state index contributed by atoms with van der Waals surface area (Å²) in [6.45, 7) is 0. The highest BCUT2D eigenvalue weighted by Gasteiger charge is 2.22. The van der Waals surface area contributed by atoms with Crippen molar-refractivity contribution in [3.63, 3.8) is 0 Å². The van der Waals surface area contributed by atoms with Crippen LogP contribution >= 0.6 is 0 Å². The number of alkyl halides is 1. The average molecular weight is 190 g/mol. The van der Waals surface area contributed by atoms with Gasteiger partial charge in [0, 0.05) is 0 Å². The summed E-state index contributed by atoms with van der Waals surface area (Å²) in [6.07, 6.45) is 3.53. The van der Waals surface area contributed by atoms with Crippen LogP contribution in [0.3, 0.4) is 0 Å². The second kappa shape index (κ2) is 5.17. The molecule has 0 aromatic carbocycles. The van der Waals surface area contributed by atoms with E-state index >= 15 is 0 Å². The van der Waals surface area contributed by atoms with Crippen LogP contribution in [0.4, 0.5) is 4.39 Å². The molecule has 3 nitrogen and oxygen atoms in total. The normalized spacial score (nSPS) is 22.2. The summed E-state index contributed by atoms with van der Waals surface area (Å²) in [5.41, 5.74) is 0. The van der Waals surface area contributed by atoms with Crippen molar-refractivity contribution in [3.8, 4) is 0 Å². The molecule has 4 heteroatoms. The Hall–Kier alpha value is -0.640. The number of carboxylic acids is 1. The van der Waals surface area contributed by atoms with Gasteiger partial charge in [-0.2, -0.15) is 0 Å². The Bertz CT molecular complexity index is 164. The molecule has 1 fully saturated rings. The zero-order chi connectivity index (χ0) is 9.68. The van der Waals surface area contributed by atoms with Crippen molar-refractivity contribution < 1.29 is 19.0 Å². The van der Waals surface area contributed by atoms with Crippen LogP contribution in [0, 0.1) is 0 Å². The van der Waals surface area contributed by atoms with Gasteiger partial charge in [0.05, 0.1) is 6.10 Å². The number of hydrogen-bond acceptors (Lipinski definition) is 2. The fraction of sp³-hybridized carbons (Fsp3) is 0.889. The third-order valence-corrected chi connectivity index (χ3v) is 2.31. The zero-order valence-corrected chi connectivity index (χ0v) is 7.54. The summed E-state index contributed by atoms with van der Waals surface area (Å²) >= 11 is 0. The van der Waals surface area contributed by atoms with Crippen molar-refractivity contribution >= 4 is 5.97 Å². The highest BCUT2D eigenvalue weighted by Crippen LogP contribution is 2.21. The van der Waals surface area contributed by atoms with Crippen LogP contribution in [0.5, 0.6) is 0 Å². The number of rotatable bonds is 3. The third kappa shape index (κ3) is 3.72. The van der Waals surface area contributed by atoms with Crippen LogP contribution < -0.4 is 0 Å². The molecule has 0 amide bonds. The lowest BCUT2D eigenvalue weighted by molar-refractivity contribution is -0.170. The molecule has 0 aliphatic heterocycles. The van der Waals surface area contributed by atoms with E-state index in [1.165, 1.54) is 0 Å². The molecule has 13 heavy (non-hydrogen) atoms. The summed E-state index contributed by atoms with van der Waals surface area (Å²) in [4.78, 5) is 10.2. The van der Waals surface area contributed by atoms with E-state index in [2.05, 4.69) is 0 Å². The van der Waals surface area contributed by atoms with Crippen LogP contribution in [-0.4, -0.2) is 23.5 Å². The van der Waals surface area contributed by atoms with Gasteiger partial charge in [-0.1, -0.05) is 25.7 Å². The Morgan fingerprint density at radius 2 is 1.85 bits per heavy atom. The minimum atomic E-state index is -2.15. The molecular formula is C9H15FO3. The van der Waals surface area contributed by atoms with Gasteiger partial charge in [-0.15, -0.1) is 0 Å². The fourth-order valence-corrected chi connectivity index (χ4v) is 1.61. The van der Waals surface area contributed by atoms with E-state index in [0.717, 1.165) is 38.5 Å². The molecule has 1 aliphatic rings. The van der Waals surface area contributed by atoms with E-state index < -0.39 is 12.3 Å². The van der Waals surface area contributed by atoms with E-state index in [4.69, 9.17) is 9.84 Å². The molecule has 1 atom stereocenters. The highest BCUT2D eigenvalue weighted by molar-refractivity contribution is 5.70. The maximum Gasteiger partial charge on any atom is 0.366 e. The quantitative estimate of drug-likeness (QED) is 0.693. The summed E-state index contributed by atoms with van der Waals surface area (Å²) in [7, 11) is 0. The smallest absolute Gasteiger partial charge is 0.366 e. The topological polar surface area (TPSA) is 46.5 Å². The molecule has 76 valence electrons. The average Bonchev–Trinajstić information content (AvgIpc) is 2.32. The fourth-order valence-electron chi connectivity index (χ4n) is 1.61. The monoisotopic (exact) mass is 190 g/mol. The van der Waals surface area contributed by atoms with Crippen LogP contribution in [-0.2, 0) is 9.53 Å². The molecular weight excluding hydrogens is 175 g/mol. The van der Waals surface area contributed by atoms with Gasteiger partial charge < -0.3 is 9.84 Å². The van der Waals surface area contributed by atoms with E-state index in [0.29, 0.717) is 0 Å². The van der Waals surface area contributed by atoms with Gasteiger partial charge in [-0.3, -0.25) is 0 Å².